The van der Waals surface area contributed by atoms with Gasteiger partial charge in [-0.3, -0.25) is 4.79 Å². The Morgan fingerprint density at radius 3 is 2.29 bits per heavy atom. The minimum Gasteiger partial charge on any atom is -0.507 e. The Morgan fingerprint density at radius 1 is 1.03 bits per heavy atom. The maximum Gasteiger partial charge on any atom is 0.266 e. The fourth-order valence-corrected chi connectivity index (χ4v) is 4.69. The van der Waals surface area contributed by atoms with Gasteiger partial charge in [0.25, 0.3) is 5.91 Å². The molecular weight excluding hydrogens is 392 g/mol. The molecule has 1 unspecified atom stereocenters. The summed E-state index contributed by atoms with van der Waals surface area (Å²) in [6.07, 6.45) is 1.34. The highest BCUT2D eigenvalue weighted by Gasteiger charge is 2.43. The summed E-state index contributed by atoms with van der Waals surface area (Å²) in [4.78, 5) is 17.7. The van der Waals surface area contributed by atoms with Crippen LogP contribution >= 0.6 is 0 Å². The smallest absolute Gasteiger partial charge is 0.266 e. The van der Waals surface area contributed by atoms with Gasteiger partial charge in [-0.1, -0.05) is 0 Å². The van der Waals surface area contributed by atoms with E-state index in [1.807, 2.05) is 44.7 Å². The molecule has 6 heteroatoms. The van der Waals surface area contributed by atoms with Crippen LogP contribution in [0.3, 0.4) is 0 Å². The summed E-state index contributed by atoms with van der Waals surface area (Å²) >= 11 is 0. The third kappa shape index (κ3) is 3.68. The highest BCUT2D eigenvalue weighted by atomic mass is 16.5. The third-order valence-corrected chi connectivity index (χ3v) is 6.98. The van der Waals surface area contributed by atoms with Crippen LogP contribution in [-0.4, -0.2) is 54.8 Å². The molecule has 1 N–H and O–H groups in total. The lowest BCUT2D eigenvalue weighted by molar-refractivity contribution is -0.148. The number of hydrogen-bond acceptors (Lipinski definition) is 5. The Bertz CT molecular complexity index is 994. The Balaban J connectivity index is 1.47. The van der Waals surface area contributed by atoms with Gasteiger partial charge in [0.15, 0.2) is 5.60 Å². The van der Waals surface area contributed by atoms with Crippen LogP contribution in [0, 0.1) is 20.8 Å². The van der Waals surface area contributed by atoms with Gasteiger partial charge < -0.3 is 24.4 Å². The number of amides is 1. The molecule has 2 aliphatic rings. The highest BCUT2D eigenvalue weighted by Crippen LogP contribution is 2.43. The van der Waals surface area contributed by atoms with Crippen molar-refractivity contribution in [2.24, 2.45) is 0 Å². The SMILES string of the molecule is COc1ccc(N2CCN(C(=O)C3(C)CCc4c(C)c(O)c(C)c(C)c4O3)CC2)cc1. The lowest BCUT2D eigenvalue weighted by atomic mass is 9.86. The Kier molecular flexibility index (Phi) is 5.50. The number of benzene rings is 2. The molecular formula is C25H32N2O4. The molecule has 0 spiro atoms. The number of anilines is 1. The van der Waals surface area contributed by atoms with E-state index in [-0.39, 0.29) is 5.91 Å². The van der Waals surface area contributed by atoms with E-state index in [0.29, 0.717) is 25.3 Å². The summed E-state index contributed by atoms with van der Waals surface area (Å²) in [6.45, 7) is 10.6. The molecule has 2 aromatic carbocycles. The number of fused-ring (bicyclic) bond motifs is 1. The van der Waals surface area contributed by atoms with Gasteiger partial charge in [0, 0.05) is 43.9 Å². The van der Waals surface area contributed by atoms with Crippen LogP contribution in [0.4, 0.5) is 5.69 Å². The maximum absolute atomic E-state index is 13.5. The summed E-state index contributed by atoms with van der Waals surface area (Å²) in [7, 11) is 1.67. The molecule has 6 nitrogen and oxygen atoms in total. The van der Waals surface area contributed by atoms with Gasteiger partial charge in [-0.05, 0) is 75.1 Å². The predicted molar refractivity (Wildman–Crippen MR) is 121 cm³/mol. The van der Waals surface area contributed by atoms with Crippen LogP contribution in [0.2, 0.25) is 0 Å². The maximum atomic E-state index is 13.5. The molecule has 0 bridgehead atoms. The van der Waals surface area contributed by atoms with Crippen LogP contribution in [0.25, 0.3) is 0 Å². The monoisotopic (exact) mass is 424 g/mol. The standard InChI is InChI=1S/C25H32N2O4/c1-16-17(2)23-21(18(3)22(16)28)10-11-25(4,31-23)24(29)27-14-12-26(13-15-27)19-6-8-20(30-5)9-7-19/h6-9,28H,10-15H2,1-5H3. The van der Waals surface area contributed by atoms with E-state index in [0.717, 1.165) is 59.0 Å². The molecule has 0 radical (unpaired) electrons. The minimum atomic E-state index is -0.879. The molecule has 0 aromatic heterocycles. The number of aromatic hydroxyl groups is 1. The zero-order chi connectivity index (χ0) is 22.3. The Morgan fingerprint density at radius 2 is 1.68 bits per heavy atom. The summed E-state index contributed by atoms with van der Waals surface area (Å²) < 4.78 is 11.6. The Hall–Kier alpha value is -2.89. The van der Waals surface area contributed by atoms with Gasteiger partial charge in [0.1, 0.15) is 17.2 Å². The van der Waals surface area contributed by atoms with Crippen LogP contribution in [-0.2, 0) is 11.2 Å². The number of piperazine rings is 1. The first-order chi connectivity index (χ1) is 14.7. The summed E-state index contributed by atoms with van der Waals surface area (Å²) in [5.41, 5.74) is 3.89. The van der Waals surface area contributed by atoms with E-state index in [1.54, 1.807) is 7.11 Å². The van der Waals surface area contributed by atoms with Crippen LogP contribution in [0.15, 0.2) is 24.3 Å². The van der Waals surface area contributed by atoms with Crippen molar-refractivity contribution in [1.29, 1.82) is 0 Å². The molecule has 1 amide bonds. The van der Waals surface area contributed by atoms with Crippen molar-refractivity contribution in [2.75, 3.05) is 38.2 Å². The normalized spacial score (nSPS) is 20.8. The number of phenolic OH excluding ortho intramolecular Hbond substituents is 1. The first kappa shape index (κ1) is 21.3. The molecule has 2 heterocycles. The second kappa shape index (κ2) is 7.98. The Labute approximate surface area is 184 Å². The van der Waals surface area contributed by atoms with Crippen molar-refractivity contribution in [3.63, 3.8) is 0 Å². The fourth-order valence-electron chi connectivity index (χ4n) is 4.69. The molecule has 2 aliphatic heterocycles. The van der Waals surface area contributed by atoms with E-state index in [1.165, 1.54) is 0 Å². The summed E-state index contributed by atoms with van der Waals surface area (Å²) in [5.74, 6) is 2.00. The number of carbonyl (C=O) groups is 1. The molecule has 1 atom stereocenters. The number of hydrogen-bond donors (Lipinski definition) is 1. The second-order valence-electron chi connectivity index (χ2n) is 8.84. The zero-order valence-electron chi connectivity index (χ0n) is 19.1. The molecule has 4 rings (SSSR count). The molecule has 31 heavy (non-hydrogen) atoms. The fraction of sp³-hybridized carbons (Fsp3) is 0.480. The third-order valence-electron chi connectivity index (χ3n) is 6.98. The van der Waals surface area contributed by atoms with Crippen molar-refractivity contribution in [2.45, 2.75) is 46.1 Å². The number of ether oxygens (including phenoxy) is 2. The van der Waals surface area contributed by atoms with Gasteiger partial charge >= 0.3 is 0 Å². The van der Waals surface area contributed by atoms with Crippen molar-refractivity contribution < 1.29 is 19.4 Å². The molecule has 2 aromatic rings. The molecule has 0 aliphatic carbocycles. The van der Waals surface area contributed by atoms with Crippen molar-refractivity contribution in [3.05, 3.63) is 46.5 Å². The van der Waals surface area contributed by atoms with Gasteiger partial charge in [-0.25, -0.2) is 0 Å². The van der Waals surface area contributed by atoms with Crippen LogP contribution in [0.5, 0.6) is 17.2 Å². The average Bonchev–Trinajstić information content (AvgIpc) is 2.81. The lowest BCUT2D eigenvalue weighted by Crippen LogP contribution is -2.57. The van der Waals surface area contributed by atoms with E-state index in [4.69, 9.17) is 9.47 Å². The molecule has 0 saturated carbocycles. The van der Waals surface area contributed by atoms with Gasteiger partial charge in [-0.2, -0.15) is 0 Å². The first-order valence-electron chi connectivity index (χ1n) is 10.9. The number of carbonyl (C=O) groups excluding carboxylic acids is 1. The minimum absolute atomic E-state index is 0.0512. The van der Waals surface area contributed by atoms with Crippen LogP contribution < -0.4 is 14.4 Å². The molecule has 166 valence electrons. The van der Waals surface area contributed by atoms with E-state index >= 15 is 0 Å². The largest absolute Gasteiger partial charge is 0.507 e. The highest BCUT2D eigenvalue weighted by molar-refractivity contribution is 5.86. The summed E-state index contributed by atoms with van der Waals surface area (Å²) in [6, 6.07) is 8.04. The summed E-state index contributed by atoms with van der Waals surface area (Å²) in [5, 5.41) is 10.4. The van der Waals surface area contributed by atoms with E-state index < -0.39 is 5.60 Å². The first-order valence-corrected chi connectivity index (χ1v) is 10.9. The van der Waals surface area contributed by atoms with Crippen molar-refractivity contribution in [3.8, 4) is 17.2 Å². The lowest BCUT2D eigenvalue weighted by Gasteiger charge is -2.42. The molecule has 1 fully saturated rings. The van der Waals surface area contributed by atoms with Gasteiger partial charge in [0.2, 0.25) is 0 Å². The van der Waals surface area contributed by atoms with E-state index in [2.05, 4.69) is 17.0 Å². The topological polar surface area (TPSA) is 62.2 Å². The van der Waals surface area contributed by atoms with Crippen LogP contribution in [0.1, 0.15) is 35.6 Å². The van der Waals surface area contributed by atoms with E-state index in [9.17, 15) is 9.90 Å². The van der Waals surface area contributed by atoms with Crippen molar-refractivity contribution >= 4 is 11.6 Å². The average molecular weight is 425 g/mol. The number of phenols is 1. The second-order valence-corrected chi connectivity index (χ2v) is 8.84. The number of methoxy groups -OCH3 is 1. The quantitative estimate of drug-likeness (QED) is 0.813. The molecule has 1 saturated heterocycles. The number of rotatable bonds is 3. The van der Waals surface area contributed by atoms with Crippen molar-refractivity contribution in [1.82, 2.24) is 4.90 Å². The predicted octanol–water partition coefficient (Wildman–Crippen LogP) is 3.76. The number of nitrogens with zero attached hydrogens (tertiary/aromatic N) is 2. The zero-order valence-corrected chi connectivity index (χ0v) is 19.1. The van der Waals surface area contributed by atoms with Gasteiger partial charge in [-0.15, -0.1) is 0 Å². The van der Waals surface area contributed by atoms with Gasteiger partial charge in [0.05, 0.1) is 7.11 Å².